The van der Waals surface area contributed by atoms with Gasteiger partial charge in [0, 0.05) is 18.8 Å². The molecule has 96 valence electrons. The fourth-order valence-corrected chi connectivity index (χ4v) is 1.64. The molecule has 1 amide bonds. The zero-order valence-electron chi connectivity index (χ0n) is 10.7. The summed E-state index contributed by atoms with van der Waals surface area (Å²) in [5.74, 6) is -0.189. The van der Waals surface area contributed by atoms with Gasteiger partial charge in [0.1, 0.15) is 5.69 Å². The predicted octanol–water partition coefficient (Wildman–Crippen LogP) is 1.35. The van der Waals surface area contributed by atoms with Crippen molar-refractivity contribution in [1.82, 2.24) is 15.1 Å². The smallest absolute Gasteiger partial charge is 0.269 e. The van der Waals surface area contributed by atoms with Gasteiger partial charge in [-0.1, -0.05) is 13.3 Å². The number of aliphatic hydroxyl groups is 1. The normalized spacial score (nSPS) is 12.8. The molecule has 0 aliphatic carbocycles. The van der Waals surface area contributed by atoms with Gasteiger partial charge in [0.05, 0.1) is 6.10 Å². The average Bonchev–Trinajstić information content (AvgIpc) is 2.75. The van der Waals surface area contributed by atoms with Crippen molar-refractivity contribution >= 4 is 5.91 Å². The number of carbonyl (C=O) groups excluding carboxylic acids is 1. The topological polar surface area (TPSA) is 67.2 Å². The Balaban J connectivity index is 2.55. The Morgan fingerprint density at radius 1 is 1.59 bits per heavy atom. The van der Waals surface area contributed by atoms with Crippen molar-refractivity contribution in [3.05, 3.63) is 18.0 Å². The minimum absolute atomic E-state index is 0.145. The average molecular weight is 239 g/mol. The molecule has 2 N–H and O–H groups in total. The lowest BCUT2D eigenvalue weighted by molar-refractivity contribution is 0.0898. The van der Waals surface area contributed by atoms with Crippen LogP contribution < -0.4 is 5.32 Å². The fourth-order valence-electron chi connectivity index (χ4n) is 1.64. The molecule has 5 heteroatoms. The Bertz CT molecular complexity index is 360. The Kier molecular flexibility index (Phi) is 5.15. The summed E-state index contributed by atoms with van der Waals surface area (Å²) in [6.45, 7) is 6.22. The van der Waals surface area contributed by atoms with Crippen LogP contribution in [0, 0.1) is 0 Å². The van der Waals surface area contributed by atoms with Crippen molar-refractivity contribution in [1.29, 1.82) is 0 Å². The van der Waals surface area contributed by atoms with Crippen LogP contribution in [0.2, 0.25) is 0 Å². The molecule has 1 rings (SSSR count). The lowest BCUT2D eigenvalue weighted by Crippen LogP contribution is -2.33. The van der Waals surface area contributed by atoms with Crippen LogP contribution in [0.15, 0.2) is 12.3 Å². The zero-order chi connectivity index (χ0) is 12.8. The molecule has 1 aromatic rings. The van der Waals surface area contributed by atoms with E-state index < -0.39 is 6.10 Å². The monoisotopic (exact) mass is 239 g/mol. The van der Waals surface area contributed by atoms with Gasteiger partial charge in [0.2, 0.25) is 0 Å². The standard InChI is InChI=1S/C12H21N3O2/c1-4-5-10(16)8-13-12(17)11-6-7-14-15(11)9(2)3/h6-7,9-10,16H,4-5,8H2,1-3H3,(H,13,17). The van der Waals surface area contributed by atoms with Gasteiger partial charge in [-0.2, -0.15) is 5.10 Å². The van der Waals surface area contributed by atoms with E-state index in [1.54, 1.807) is 16.9 Å². The molecule has 1 unspecified atom stereocenters. The number of aromatic nitrogens is 2. The van der Waals surface area contributed by atoms with Gasteiger partial charge in [0.25, 0.3) is 5.91 Å². The van der Waals surface area contributed by atoms with Crippen LogP contribution >= 0.6 is 0 Å². The molecule has 1 atom stereocenters. The van der Waals surface area contributed by atoms with Crippen LogP contribution in [-0.4, -0.2) is 33.4 Å². The maximum absolute atomic E-state index is 11.9. The second-order valence-corrected chi connectivity index (χ2v) is 4.41. The summed E-state index contributed by atoms with van der Waals surface area (Å²) in [4.78, 5) is 11.9. The van der Waals surface area contributed by atoms with Crippen molar-refractivity contribution in [2.24, 2.45) is 0 Å². The van der Waals surface area contributed by atoms with E-state index in [2.05, 4.69) is 10.4 Å². The third-order valence-corrected chi connectivity index (χ3v) is 2.51. The first kappa shape index (κ1) is 13.7. The van der Waals surface area contributed by atoms with Crippen molar-refractivity contribution in [2.75, 3.05) is 6.54 Å². The molecule has 17 heavy (non-hydrogen) atoms. The number of amides is 1. The Morgan fingerprint density at radius 3 is 2.88 bits per heavy atom. The molecule has 0 fully saturated rings. The molecular formula is C12H21N3O2. The van der Waals surface area contributed by atoms with Gasteiger partial charge in [-0.05, 0) is 26.3 Å². The van der Waals surface area contributed by atoms with E-state index in [1.165, 1.54) is 0 Å². The quantitative estimate of drug-likeness (QED) is 0.787. The highest BCUT2D eigenvalue weighted by atomic mass is 16.3. The van der Waals surface area contributed by atoms with Crippen molar-refractivity contribution < 1.29 is 9.90 Å². The van der Waals surface area contributed by atoms with Crippen LogP contribution in [0.4, 0.5) is 0 Å². The van der Waals surface area contributed by atoms with Crippen molar-refractivity contribution in [2.45, 2.75) is 45.8 Å². The molecule has 0 radical (unpaired) electrons. The largest absolute Gasteiger partial charge is 0.391 e. The van der Waals surface area contributed by atoms with Crippen LogP contribution in [0.3, 0.4) is 0 Å². The summed E-state index contributed by atoms with van der Waals surface area (Å²) >= 11 is 0. The van der Waals surface area contributed by atoms with E-state index in [9.17, 15) is 9.90 Å². The van der Waals surface area contributed by atoms with Gasteiger partial charge < -0.3 is 10.4 Å². The molecule has 0 aliphatic heterocycles. The first-order chi connectivity index (χ1) is 8.06. The lowest BCUT2D eigenvalue weighted by Gasteiger charge is -2.13. The summed E-state index contributed by atoms with van der Waals surface area (Å²) in [6.07, 6.45) is 2.74. The van der Waals surface area contributed by atoms with E-state index in [1.807, 2.05) is 20.8 Å². The van der Waals surface area contributed by atoms with Crippen molar-refractivity contribution in [3.63, 3.8) is 0 Å². The lowest BCUT2D eigenvalue weighted by atomic mass is 10.2. The second-order valence-electron chi connectivity index (χ2n) is 4.41. The van der Waals surface area contributed by atoms with E-state index >= 15 is 0 Å². The molecule has 0 bridgehead atoms. The summed E-state index contributed by atoms with van der Waals surface area (Å²) in [6, 6.07) is 1.83. The van der Waals surface area contributed by atoms with E-state index in [-0.39, 0.29) is 18.5 Å². The van der Waals surface area contributed by atoms with Crippen molar-refractivity contribution in [3.8, 4) is 0 Å². The third kappa shape index (κ3) is 3.85. The van der Waals surface area contributed by atoms with Gasteiger partial charge in [-0.3, -0.25) is 9.48 Å². The highest BCUT2D eigenvalue weighted by Gasteiger charge is 2.14. The number of nitrogens with zero attached hydrogens (tertiary/aromatic N) is 2. The molecule has 5 nitrogen and oxygen atoms in total. The number of nitrogens with one attached hydrogen (secondary N) is 1. The van der Waals surface area contributed by atoms with Crippen LogP contribution in [-0.2, 0) is 0 Å². The Labute approximate surface area is 102 Å². The molecule has 0 aromatic carbocycles. The molecule has 0 saturated heterocycles. The minimum atomic E-state index is -0.473. The number of rotatable bonds is 6. The molecule has 0 aliphatic rings. The molecular weight excluding hydrogens is 218 g/mol. The fraction of sp³-hybridized carbons (Fsp3) is 0.667. The van der Waals surface area contributed by atoms with Gasteiger partial charge >= 0.3 is 0 Å². The summed E-state index contributed by atoms with van der Waals surface area (Å²) in [5.41, 5.74) is 0.531. The molecule has 0 saturated carbocycles. The summed E-state index contributed by atoms with van der Waals surface area (Å²) in [5, 5.41) is 16.3. The van der Waals surface area contributed by atoms with Crippen LogP contribution in [0.5, 0.6) is 0 Å². The van der Waals surface area contributed by atoms with E-state index in [0.717, 1.165) is 6.42 Å². The highest BCUT2D eigenvalue weighted by Crippen LogP contribution is 2.07. The summed E-state index contributed by atoms with van der Waals surface area (Å²) in [7, 11) is 0. The van der Waals surface area contributed by atoms with Gasteiger partial charge in [-0.15, -0.1) is 0 Å². The SMILES string of the molecule is CCCC(O)CNC(=O)c1ccnn1C(C)C. The maximum Gasteiger partial charge on any atom is 0.269 e. The van der Waals surface area contributed by atoms with Gasteiger partial charge in [0.15, 0.2) is 0 Å². The number of hydrogen-bond acceptors (Lipinski definition) is 3. The zero-order valence-corrected chi connectivity index (χ0v) is 10.7. The number of carbonyl (C=O) groups is 1. The number of aliphatic hydroxyl groups excluding tert-OH is 1. The Morgan fingerprint density at radius 2 is 2.29 bits per heavy atom. The summed E-state index contributed by atoms with van der Waals surface area (Å²) < 4.78 is 1.67. The van der Waals surface area contributed by atoms with Crippen LogP contribution in [0.1, 0.15) is 50.1 Å². The van der Waals surface area contributed by atoms with Crippen LogP contribution in [0.25, 0.3) is 0 Å². The van der Waals surface area contributed by atoms with E-state index in [4.69, 9.17) is 0 Å². The molecule has 1 aromatic heterocycles. The first-order valence-electron chi connectivity index (χ1n) is 6.06. The predicted molar refractivity (Wildman–Crippen MR) is 65.9 cm³/mol. The minimum Gasteiger partial charge on any atom is -0.391 e. The number of hydrogen-bond donors (Lipinski definition) is 2. The van der Waals surface area contributed by atoms with E-state index in [0.29, 0.717) is 12.1 Å². The first-order valence-corrected chi connectivity index (χ1v) is 6.06. The second kappa shape index (κ2) is 6.39. The van der Waals surface area contributed by atoms with Gasteiger partial charge in [-0.25, -0.2) is 0 Å². The molecule has 1 heterocycles. The molecule has 0 spiro atoms. The highest BCUT2D eigenvalue weighted by molar-refractivity contribution is 5.92. The third-order valence-electron chi connectivity index (χ3n) is 2.51. The Hall–Kier alpha value is -1.36. The maximum atomic E-state index is 11.9.